The fraction of sp³-hybridized carbons (Fsp3) is 0.381. The van der Waals surface area contributed by atoms with Crippen molar-refractivity contribution in [3.8, 4) is 5.75 Å². The van der Waals surface area contributed by atoms with E-state index in [2.05, 4.69) is 10.6 Å². The van der Waals surface area contributed by atoms with Crippen LogP contribution in [0.4, 0.5) is 35.9 Å². The number of rotatable bonds is 4. The average Bonchev–Trinajstić information content (AvgIpc) is 2.82. The van der Waals surface area contributed by atoms with Crippen LogP contribution in [0.15, 0.2) is 36.4 Å². The summed E-state index contributed by atoms with van der Waals surface area (Å²) in [5.74, 6) is 0.499. The quantitative estimate of drug-likeness (QED) is 0.774. The van der Waals surface area contributed by atoms with E-state index in [1.165, 1.54) is 0 Å². The van der Waals surface area contributed by atoms with E-state index >= 15 is 0 Å². The van der Waals surface area contributed by atoms with Gasteiger partial charge in [0.2, 0.25) is 5.91 Å². The zero-order valence-electron chi connectivity index (χ0n) is 16.6. The van der Waals surface area contributed by atoms with Crippen LogP contribution >= 0.6 is 0 Å². The van der Waals surface area contributed by atoms with Crippen molar-refractivity contribution in [1.82, 2.24) is 0 Å². The van der Waals surface area contributed by atoms with Crippen LogP contribution in [-0.4, -0.2) is 44.5 Å². The number of carbonyl (C=O) groups excluding carboxylic acids is 1. The van der Waals surface area contributed by atoms with Crippen LogP contribution in [0.2, 0.25) is 0 Å². The maximum atomic E-state index is 13.2. The first kappa shape index (κ1) is 20.3. The summed E-state index contributed by atoms with van der Waals surface area (Å²) in [7, 11) is 1.10. The molecule has 1 fully saturated rings. The Morgan fingerprint density at radius 1 is 1.20 bits per heavy atom. The van der Waals surface area contributed by atoms with Gasteiger partial charge in [-0.05, 0) is 42.8 Å². The van der Waals surface area contributed by atoms with Gasteiger partial charge in [0.05, 0.1) is 31.8 Å². The molecule has 30 heavy (non-hydrogen) atoms. The number of ether oxygens (including phenoxy) is 2. The first-order valence-corrected chi connectivity index (χ1v) is 9.52. The highest BCUT2D eigenvalue weighted by atomic mass is 19.4. The molecule has 1 amide bonds. The summed E-state index contributed by atoms with van der Waals surface area (Å²) in [6.07, 6.45) is -4.10. The molecule has 0 saturated carbocycles. The number of aryl methyl sites for hydroxylation is 1. The molecule has 4 rings (SSSR count). The number of benzene rings is 2. The monoisotopic (exact) mass is 421 g/mol. The topological polar surface area (TPSA) is 62.8 Å². The number of halogens is 3. The third kappa shape index (κ3) is 3.65. The lowest BCUT2D eigenvalue weighted by molar-refractivity contribution is -0.277. The standard InChI is InChI=1S/C21H22F3N3O3/c1-13-9-15(27-11-20(12-27,29-2)21(22,23)24)4-6-16(13)25-14-3-5-17-18(10-14)30-8-7-19(28)26-17/h3-6,9-10,25H,7-8,11-12H2,1-2H3,(H,26,28). The summed E-state index contributed by atoms with van der Waals surface area (Å²) in [5, 5.41) is 6.08. The number of methoxy groups -OCH3 is 1. The lowest BCUT2D eigenvalue weighted by atomic mass is 9.92. The third-order valence-electron chi connectivity index (χ3n) is 5.50. The smallest absolute Gasteiger partial charge is 0.420 e. The summed E-state index contributed by atoms with van der Waals surface area (Å²) in [6.45, 7) is 1.74. The molecule has 2 aromatic rings. The Hall–Kier alpha value is -2.94. The van der Waals surface area contributed by atoms with Gasteiger partial charge in [-0.15, -0.1) is 0 Å². The molecular formula is C21H22F3N3O3. The van der Waals surface area contributed by atoms with Crippen molar-refractivity contribution in [2.75, 3.05) is 42.3 Å². The first-order chi connectivity index (χ1) is 14.2. The highest BCUT2D eigenvalue weighted by Gasteiger charge is 2.62. The fourth-order valence-electron chi connectivity index (χ4n) is 3.61. The van der Waals surface area contributed by atoms with Crippen molar-refractivity contribution in [1.29, 1.82) is 0 Å². The Bertz CT molecular complexity index is 972. The molecule has 0 aliphatic carbocycles. The van der Waals surface area contributed by atoms with Crippen LogP contribution in [0, 0.1) is 6.92 Å². The van der Waals surface area contributed by atoms with E-state index < -0.39 is 11.8 Å². The Balaban J connectivity index is 1.47. The predicted octanol–water partition coefficient (Wildman–Crippen LogP) is 4.23. The Morgan fingerprint density at radius 2 is 1.97 bits per heavy atom. The Morgan fingerprint density at radius 3 is 2.63 bits per heavy atom. The summed E-state index contributed by atoms with van der Waals surface area (Å²) >= 11 is 0. The van der Waals surface area contributed by atoms with E-state index in [0.717, 1.165) is 24.0 Å². The molecule has 2 aliphatic heterocycles. The number of hydrogen-bond acceptors (Lipinski definition) is 5. The Kier molecular flexibility index (Phi) is 5.01. The van der Waals surface area contributed by atoms with Crippen molar-refractivity contribution in [3.63, 3.8) is 0 Å². The minimum absolute atomic E-state index is 0.0881. The molecule has 0 aromatic heterocycles. The molecule has 0 unspecified atom stereocenters. The molecule has 9 heteroatoms. The minimum atomic E-state index is -4.40. The highest BCUT2D eigenvalue weighted by Crippen LogP contribution is 2.43. The first-order valence-electron chi connectivity index (χ1n) is 9.52. The minimum Gasteiger partial charge on any atom is -0.491 e. The largest absolute Gasteiger partial charge is 0.491 e. The summed E-state index contributed by atoms with van der Waals surface area (Å²) < 4.78 is 50.0. The van der Waals surface area contributed by atoms with Crippen molar-refractivity contribution in [2.24, 2.45) is 0 Å². The van der Waals surface area contributed by atoms with Crippen LogP contribution in [0.5, 0.6) is 5.75 Å². The van der Waals surface area contributed by atoms with Gasteiger partial charge < -0.3 is 25.0 Å². The van der Waals surface area contributed by atoms with Crippen molar-refractivity contribution in [2.45, 2.75) is 25.1 Å². The molecule has 0 spiro atoms. The van der Waals surface area contributed by atoms with Gasteiger partial charge in [-0.3, -0.25) is 4.79 Å². The number of amides is 1. The third-order valence-corrected chi connectivity index (χ3v) is 5.50. The van der Waals surface area contributed by atoms with Crippen molar-refractivity contribution < 1.29 is 27.4 Å². The van der Waals surface area contributed by atoms with Gasteiger partial charge in [0.25, 0.3) is 0 Å². The van der Waals surface area contributed by atoms with Gasteiger partial charge in [-0.1, -0.05) is 0 Å². The number of hydrogen-bond donors (Lipinski definition) is 2. The lowest BCUT2D eigenvalue weighted by Crippen LogP contribution is -2.70. The van der Waals surface area contributed by atoms with Gasteiger partial charge in [-0.25, -0.2) is 0 Å². The Labute approximate surface area is 172 Å². The van der Waals surface area contributed by atoms with E-state index in [9.17, 15) is 18.0 Å². The second-order valence-electron chi connectivity index (χ2n) is 7.53. The van der Waals surface area contributed by atoms with Gasteiger partial charge >= 0.3 is 6.18 Å². The maximum absolute atomic E-state index is 13.2. The molecule has 6 nitrogen and oxygen atoms in total. The van der Waals surface area contributed by atoms with Gasteiger partial charge in [-0.2, -0.15) is 13.2 Å². The molecule has 1 saturated heterocycles. The normalized spacial score (nSPS) is 17.9. The molecule has 160 valence electrons. The number of alkyl halides is 3. The van der Waals surface area contributed by atoms with Crippen LogP contribution in [0.3, 0.4) is 0 Å². The van der Waals surface area contributed by atoms with E-state index in [4.69, 9.17) is 9.47 Å². The molecular weight excluding hydrogens is 399 g/mol. The van der Waals surface area contributed by atoms with E-state index in [-0.39, 0.29) is 19.0 Å². The molecule has 0 radical (unpaired) electrons. The summed E-state index contributed by atoms with van der Waals surface area (Å²) in [4.78, 5) is 13.3. The van der Waals surface area contributed by atoms with Gasteiger partial charge in [0.15, 0.2) is 5.60 Å². The van der Waals surface area contributed by atoms with Crippen LogP contribution in [-0.2, 0) is 9.53 Å². The molecule has 2 heterocycles. The van der Waals surface area contributed by atoms with E-state index in [0.29, 0.717) is 30.2 Å². The van der Waals surface area contributed by atoms with Crippen molar-refractivity contribution in [3.05, 3.63) is 42.0 Å². The second-order valence-corrected chi connectivity index (χ2v) is 7.53. The number of nitrogens with one attached hydrogen (secondary N) is 2. The summed E-state index contributed by atoms with van der Waals surface area (Å²) in [5.41, 5.74) is 1.72. The number of anilines is 4. The maximum Gasteiger partial charge on any atom is 0.420 e. The predicted molar refractivity (Wildman–Crippen MR) is 108 cm³/mol. The van der Waals surface area contributed by atoms with Crippen LogP contribution < -0.4 is 20.3 Å². The molecule has 0 atom stereocenters. The van der Waals surface area contributed by atoms with E-state index in [1.54, 1.807) is 23.1 Å². The number of carbonyl (C=O) groups is 1. The van der Waals surface area contributed by atoms with Gasteiger partial charge in [0, 0.05) is 30.2 Å². The zero-order chi connectivity index (χ0) is 21.5. The number of fused-ring (bicyclic) bond motifs is 1. The SMILES string of the molecule is COC1(C(F)(F)F)CN(c2ccc(Nc3ccc4c(c3)OCCC(=O)N4)c(C)c2)C1. The molecule has 2 N–H and O–H groups in total. The molecule has 0 bridgehead atoms. The lowest BCUT2D eigenvalue weighted by Gasteiger charge is -2.50. The van der Waals surface area contributed by atoms with E-state index in [1.807, 2.05) is 25.1 Å². The molecule has 2 aliphatic rings. The number of nitrogens with zero attached hydrogens (tertiary/aromatic N) is 1. The van der Waals surface area contributed by atoms with Gasteiger partial charge in [0.1, 0.15) is 5.75 Å². The second kappa shape index (κ2) is 7.39. The summed E-state index contributed by atoms with van der Waals surface area (Å²) in [6, 6.07) is 10.9. The molecule has 2 aromatic carbocycles. The fourth-order valence-corrected chi connectivity index (χ4v) is 3.61. The highest BCUT2D eigenvalue weighted by molar-refractivity contribution is 5.93. The zero-order valence-corrected chi connectivity index (χ0v) is 16.6. The average molecular weight is 421 g/mol. The van der Waals surface area contributed by atoms with Crippen molar-refractivity contribution >= 4 is 28.7 Å². The van der Waals surface area contributed by atoms with Crippen LogP contribution in [0.1, 0.15) is 12.0 Å². The van der Waals surface area contributed by atoms with Crippen LogP contribution in [0.25, 0.3) is 0 Å².